The van der Waals surface area contributed by atoms with E-state index in [-0.39, 0.29) is 0 Å². The Balaban J connectivity index is 1.60. The van der Waals surface area contributed by atoms with Gasteiger partial charge in [-0.3, -0.25) is 4.99 Å². The van der Waals surface area contributed by atoms with E-state index < -0.39 is 0 Å². The Labute approximate surface area is 107 Å². The van der Waals surface area contributed by atoms with E-state index in [1.165, 1.54) is 41.4 Å². The molecule has 1 heterocycles. The van der Waals surface area contributed by atoms with Crippen LogP contribution in [0.25, 0.3) is 10.9 Å². The average molecular weight is 238 g/mol. The van der Waals surface area contributed by atoms with Crippen LogP contribution in [0.4, 0.5) is 0 Å². The number of rotatable bonds is 3. The van der Waals surface area contributed by atoms with Gasteiger partial charge in [0, 0.05) is 29.2 Å². The molecule has 0 spiro atoms. The van der Waals surface area contributed by atoms with Crippen LogP contribution in [-0.2, 0) is 6.42 Å². The van der Waals surface area contributed by atoms with E-state index in [9.17, 15) is 0 Å². The number of nitrogens with zero attached hydrogens (tertiary/aromatic N) is 1. The molecule has 2 bridgehead atoms. The molecule has 0 unspecified atom stereocenters. The molecule has 1 N–H and O–H groups in total. The zero-order chi connectivity index (χ0) is 12.2. The standard InChI is InChI=1S/C16H18N2/c1-11(18-16-7-12(8-16)9-16)6-13-10-17-15-5-3-2-4-14(13)15/h2-5,10,12,17H,6-9H2,1H3. The van der Waals surface area contributed by atoms with Gasteiger partial charge < -0.3 is 4.98 Å². The molecular formula is C16H18N2. The maximum Gasteiger partial charge on any atom is 0.0615 e. The molecule has 0 radical (unpaired) electrons. The molecule has 1 aromatic heterocycles. The highest BCUT2D eigenvalue weighted by Crippen LogP contribution is 2.59. The van der Waals surface area contributed by atoms with Gasteiger partial charge >= 0.3 is 0 Å². The SMILES string of the molecule is CC(Cc1c[nH]c2ccccc12)=NC12CC(C1)C2. The molecule has 3 fully saturated rings. The summed E-state index contributed by atoms with van der Waals surface area (Å²) in [7, 11) is 0. The third-order valence-electron chi connectivity index (χ3n) is 4.56. The second-order valence-electron chi connectivity index (χ2n) is 6.09. The molecule has 3 aliphatic carbocycles. The molecule has 1 aromatic carbocycles. The minimum absolute atomic E-state index is 0.376. The number of aromatic nitrogens is 1. The summed E-state index contributed by atoms with van der Waals surface area (Å²) < 4.78 is 0. The monoisotopic (exact) mass is 238 g/mol. The summed E-state index contributed by atoms with van der Waals surface area (Å²) in [6, 6.07) is 8.50. The van der Waals surface area contributed by atoms with Gasteiger partial charge in [0.05, 0.1) is 5.54 Å². The Bertz CT molecular complexity index is 618. The van der Waals surface area contributed by atoms with Gasteiger partial charge in [-0.25, -0.2) is 0 Å². The average Bonchev–Trinajstić information content (AvgIpc) is 2.66. The fraction of sp³-hybridized carbons (Fsp3) is 0.438. The van der Waals surface area contributed by atoms with E-state index >= 15 is 0 Å². The summed E-state index contributed by atoms with van der Waals surface area (Å²) in [5.41, 5.74) is 4.27. The quantitative estimate of drug-likeness (QED) is 0.789. The largest absolute Gasteiger partial charge is 0.361 e. The topological polar surface area (TPSA) is 28.1 Å². The molecular weight excluding hydrogens is 220 g/mol. The maximum absolute atomic E-state index is 4.96. The van der Waals surface area contributed by atoms with Crippen LogP contribution >= 0.6 is 0 Å². The van der Waals surface area contributed by atoms with E-state index in [2.05, 4.69) is 42.4 Å². The lowest BCUT2D eigenvalue weighted by Gasteiger charge is -2.59. The van der Waals surface area contributed by atoms with Crippen molar-refractivity contribution in [2.24, 2.45) is 10.9 Å². The molecule has 2 aromatic rings. The summed E-state index contributed by atoms with van der Waals surface area (Å²) in [5, 5.41) is 1.34. The summed E-state index contributed by atoms with van der Waals surface area (Å²) >= 11 is 0. The van der Waals surface area contributed by atoms with E-state index in [1.54, 1.807) is 0 Å². The molecule has 92 valence electrons. The lowest BCUT2D eigenvalue weighted by atomic mass is 9.50. The van der Waals surface area contributed by atoms with Crippen LogP contribution in [0.3, 0.4) is 0 Å². The predicted octanol–water partition coefficient (Wildman–Crippen LogP) is 3.72. The van der Waals surface area contributed by atoms with Crippen molar-refractivity contribution in [3.8, 4) is 0 Å². The van der Waals surface area contributed by atoms with Crippen LogP contribution in [0.1, 0.15) is 31.7 Å². The van der Waals surface area contributed by atoms with Crippen molar-refractivity contribution in [3.63, 3.8) is 0 Å². The fourth-order valence-electron chi connectivity index (χ4n) is 3.57. The van der Waals surface area contributed by atoms with Gasteiger partial charge in [-0.2, -0.15) is 0 Å². The lowest BCUT2D eigenvalue weighted by Crippen LogP contribution is -2.57. The van der Waals surface area contributed by atoms with Crippen LogP contribution in [0, 0.1) is 5.92 Å². The Hall–Kier alpha value is -1.57. The van der Waals surface area contributed by atoms with Gasteiger partial charge in [-0.05, 0) is 43.7 Å². The highest BCUT2D eigenvalue weighted by molar-refractivity contribution is 5.91. The number of nitrogens with one attached hydrogen (secondary N) is 1. The van der Waals surface area contributed by atoms with Crippen molar-refractivity contribution in [2.75, 3.05) is 0 Å². The van der Waals surface area contributed by atoms with Gasteiger partial charge in [-0.15, -0.1) is 0 Å². The number of hydrogen-bond donors (Lipinski definition) is 1. The summed E-state index contributed by atoms with van der Waals surface area (Å²) in [4.78, 5) is 8.30. The number of benzene rings is 1. The second kappa shape index (κ2) is 3.47. The third kappa shape index (κ3) is 1.45. The Morgan fingerprint density at radius 1 is 1.33 bits per heavy atom. The van der Waals surface area contributed by atoms with Crippen molar-refractivity contribution >= 4 is 16.6 Å². The van der Waals surface area contributed by atoms with Gasteiger partial charge in [0.2, 0.25) is 0 Å². The van der Waals surface area contributed by atoms with Crippen LogP contribution in [-0.4, -0.2) is 16.2 Å². The molecule has 0 amide bonds. The number of aromatic amines is 1. The molecule has 0 aliphatic heterocycles. The van der Waals surface area contributed by atoms with Crippen LogP contribution in [0.5, 0.6) is 0 Å². The van der Waals surface area contributed by atoms with Gasteiger partial charge in [0.25, 0.3) is 0 Å². The number of H-pyrrole nitrogens is 1. The number of hydrogen-bond acceptors (Lipinski definition) is 1. The number of aliphatic imine (C=N–C) groups is 1. The normalized spacial score (nSPS) is 30.1. The predicted molar refractivity (Wildman–Crippen MR) is 75.2 cm³/mol. The molecule has 2 nitrogen and oxygen atoms in total. The smallest absolute Gasteiger partial charge is 0.0615 e. The molecule has 2 heteroatoms. The first kappa shape index (κ1) is 10.4. The van der Waals surface area contributed by atoms with Gasteiger partial charge in [0.1, 0.15) is 0 Å². The number of fused-ring (bicyclic) bond motifs is 1. The highest BCUT2D eigenvalue weighted by Gasteiger charge is 2.56. The highest BCUT2D eigenvalue weighted by atomic mass is 15.0. The maximum atomic E-state index is 4.96. The van der Waals surface area contributed by atoms with Crippen molar-refractivity contribution in [2.45, 2.75) is 38.1 Å². The Morgan fingerprint density at radius 2 is 2.11 bits per heavy atom. The molecule has 3 saturated carbocycles. The van der Waals surface area contributed by atoms with Crippen molar-refractivity contribution in [3.05, 3.63) is 36.0 Å². The minimum Gasteiger partial charge on any atom is -0.361 e. The van der Waals surface area contributed by atoms with Crippen molar-refractivity contribution in [1.29, 1.82) is 0 Å². The van der Waals surface area contributed by atoms with Crippen molar-refractivity contribution < 1.29 is 0 Å². The lowest BCUT2D eigenvalue weighted by molar-refractivity contribution is -0.0147. The zero-order valence-corrected chi connectivity index (χ0v) is 10.7. The molecule has 18 heavy (non-hydrogen) atoms. The van der Waals surface area contributed by atoms with Crippen LogP contribution in [0.2, 0.25) is 0 Å². The van der Waals surface area contributed by atoms with Crippen LogP contribution < -0.4 is 0 Å². The second-order valence-corrected chi connectivity index (χ2v) is 6.09. The first-order valence-electron chi connectivity index (χ1n) is 6.84. The first-order valence-corrected chi connectivity index (χ1v) is 6.84. The third-order valence-corrected chi connectivity index (χ3v) is 4.56. The van der Waals surface area contributed by atoms with E-state index in [0.717, 1.165) is 12.3 Å². The molecule has 0 atom stereocenters. The Morgan fingerprint density at radius 3 is 2.83 bits per heavy atom. The molecule has 5 rings (SSSR count). The molecule has 3 aliphatic rings. The van der Waals surface area contributed by atoms with Gasteiger partial charge in [-0.1, -0.05) is 18.2 Å². The summed E-state index contributed by atoms with van der Waals surface area (Å²) in [6.45, 7) is 2.18. The summed E-state index contributed by atoms with van der Waals surface area (Å²) in [6.07, 6.45) is 7.15. The fourth-order valence-corrected chi connectivity index (χ4v) is 3.57. The minimum atomic E-state index is 0.376. The summed E-state index contributed by atoms with van der Waals surface area (Å²) in [5.74, 6) is 1.01. The van der Waals surface area contributed by atoms with Gasteiger partial charge in [0.15, 0.2) is 0 Å². The van der Waals surface area contributed by atoms with Crippen LogP contribution in [0.15, 0.2) is 35.5 Å². The molecule has 0 saturated heterocycles. The number of para-hydroxylation sites is 1. The van der Waals surface area contributed by atoms with E-state index in [0.29, 0.717) is 5.54 Å². The first-order chi connectivity index (χ1) is 8.74. The van der Waals surface area contributed by atoms with E-state index in [4.69, 9.17) is 4.99 Å². The van der Waals surface area contributed by atoms with Crippen molar-refractivity contribution in [1.82, 2.24) is 4.98 Å². The Kier molecular flexibility index (Phi) is 2.00. The van der Waals surface area contributed by atoms with E-state index in [1.807, 2.05) is 0 Å². The zero-order valence-electron chi connectivity index (χ0n) is 10.7.